The van der Waals surface area contributed by atoms with E-state index in [2.05, 4.69) is 20.5 Å². The van der Waals surface area contributed by atoms with Gasteiger partial charge in [0.05, 0.1) is 22.5 Å². The molecule has 0 saturated carbocycles. The van der Waals surface area contributed by atoms with Gasteiger partial charge in [-0.25, -0.2) is 10.4 Å². The van der Waals surface area contributed by atoms with Crippen LogP contribution in [0.1, 0.15) is 11.8 Å². The van der Waals surface area contributed by atoms with Crippen LogP contribution >= 0.6 is 23.1 Å². The number of carbonyl (C=O) groups excluding carboxylic acids is 1. The van der Waals surface area contributed by atoms with Crippen LogP contribution in [0, 0.1) is 0 Å². The van der Waals surface area contributed by atoms with Gasteiger partial charge in [0.15, 0.2) is 5.16 Å². The van der Waals surface area contributed by atoms with Crippen molar-refractivity contribution >= 4 is 45.8 Å². The molecule has 0 saturated heterocycles. The SMILES string of the molecule is C/C(=N/NC(=O)CSc1nc2ccccc2[nH]1)c1cccs1. The average Bonchev–Trinajstić information content (AvgIpc) is 3.19. The zero-order chi connectivity index (χ0) is 15.4. The van der Waals surface area contributed by atoms with E-state index in [-0.39, 0.29) is 11.7 Å². The molecule has 2 N–H and O–H groups in total. The van der Waals surface area contributed by atoms with Crippen LogP contribution in [0.3, 0.4) is 0 Å². The number of H-pyrrole nitrogens is 1. The molecule has 0 aliphatic carbocycles. The van der Waals surface area contributed by atoms with Crippen molar-refractivity contribution in [3.05, 3.63) is 46.7 Å². The molecule has 3 aromatic rings. The number of thioether (sulfide) groups is 1. The lowest BCUT2D eigenvalue weighted by atomic mass is 10.3. The second-order valence-electron chi connectivity index (χ2n) is 4.56. The maximum absolute atomic E-state index is 11.8. The summed E-state index contributed by atoms with van der Waals surface area (Å²) in [6.07, 6.45) is 0. The van der Waals surface area contributed by atoms with Gasteiger partial charge in [0.2, 0.25) is 0 Å². The van der Waals surface area contributed by atoms with Crippen molar-refractivity contribution in [2.75, 3.05) is 5.75 Å². The Hall–Kier alpha value is -2.12. The fraction of sp³-hybridized carbons (Fsp3) is 0.133. The van der Waals surface area contributed by atoms with Crippen molar-refractivity contribution in [2.45, 2.75) is 12.1 Å². The molecular formula is C15H14N4OS2. The molecule has 1 aromatic carbocycles. The highest BCUT2D eigenvalue weighted by atomic mass is 32.2. The van der Waals surface area contributed by atoms with Crippen LogP contribution in [0.4, 0.5) is 0 Å². The molecular weight excluding hydrogens is 316 g/mol. The largest absolute Gasteiger partial charge is 0.333 e. The molecule has 0 aliphatic heterocycles. The lowest BCUT2D eigenvalue weighted by Gasteiger charge is -2.00. The van der Waals surface area contributed by atoms with Crippen LogP contribution in [-0.4, -0.2) is 27.3 Å². The van der Waals surface area contributed by atoms with Crippen molar-refractivity contribution < 1.29 is 4.79 Å². The quantitative estimate of drug-likeness (QED) is 0.428. The second kappa shape index (κ2) is 6.76. The summed E-state index contributed by atoms with van der Waals surface area (Å²) in [4.78, 5) is 20.5. The molecule has 0 unspecified atom stereocenters. The van der Waals surface area contributed by atoms with Gasteiger partial charge in [0.25, 0.3) is 5.91 Å². The van der Waals surface area contributed by atoms with Gasteiger partial charge in [-0.2, -0.15) is 5.10 Å². The predicted octanol–water partition coefficient (Wildman–Crippen LogP) is 3.26. The maximum Gasteiger partial charge on any atom is 0.250 e. The normalized spacial score (nSPS) is 11.8. The number of imidazole rings is 1. The van der Waals surface area contributed by atoms with E-state index in [9.17, 15) is 4.79 Å². The summed E-state index contributed by atoms with van der Waals surface area (Å²) >= 11 is 2.95. The highest BCUT2D eigenvalue weighted by molar-refractivity contribution is 7.99. The van der Waals surface area contributed by atoms with Crippen molar-refractivity contribution in [2.24, 2.45) is 5.10 Å². The van der Waals surface area contributed by atoms with E-state index in [0.29, 0.717) is 0 Å². The summed E-state index contributed by atoms with van der Waals surface area (Å²) in [5.41, 5.74) is 5.24. The van der Waals surface area contributed by atoms with Crippen molar-refractivity contribution in [3.63, 3.8) is 0 Å². The molecule has 0 radical (unpaired) electrons. The Kier molecular flexibility index (Phi) is 4.55. The molecule has 2 aromatic heterocycles. The highest BCUT2D eigenvalue weighted by Gasteiger charge is 2.06. The van der Waals surface area contributed by atoms with E-state index in [1.54, 1.807) is 11.3 Å². The Balaban J connectivity index is 1.55. The second-order valence-corrected chi connectivity index (χ2v) is 6.47. The van der Waals surface area contributed by atoms with Gasteiger partial charge in [-0.3, -0.25) is 4.79 Å². The number of aromatic amines is 1. The first-order valence-electron chi connectivity index (χ1n) is 6.67. The number of hydrogen-bond acceptors (Lipinski definition) is 5. The Labute approximate surface area is 135 Å². The number of fused-ring (bicyclic) bond motifs is 1. The number of nitrogens with one attached hydrogen (secondary N) is 2. The van der Waals surface area contributed by atoms with Crippen LogP contribution in [0.25, 0.3) is 11.0 Å². The van der Waals surface area contributed by atoms with Crippen LogP contribution in [0.2, 0.25) is 0 Å². The molecule has 0 atom stereocenters. The van der Waals surface area contributed by atoms with Crippen LogP contribution < -0.4 is 5.43 Å². The first-order valence-corrected chi connectivity index (χ1v) is 8.53. The Morgan fingerprint density at radius 3 is 3.00 bits per heavy atom. The van der Waals surface area contributed by atoms with Gasteiger partial charge in [-0.05, 0) is 30.5 Å². The van der Waals surface area contributed by atoms with Gasteiger partial charge < -0.3 is 4.98 Å². The number of amides is 1. The third-order valence-electron chi connectivity index (χ3n) is 2.93. The number of rotatable bonds is 5. The van der Waals surface area contributed by atoms with E-state index in [1.807, 2.05) is 48.7 Å². The van der Waals surface area contributed by atoms with Gasteiger partial charge in [-0.15, -0.1) is 11.3 Å². The van der Waals surface area contributed by atoms with E-state index in [4.69, 9.17) is 0 Å². The van der Waals surface area contributed by atoms with Crippen molar-refractivity contribution in [1.82, 2.24) is 15.4 Å². The Morgan fingerprint density at radius 1 is 1.36 bits per heavy atom. The third-order valence-corrected chi connectivity index (χ3v) is 4.79. The summed E-state index contributed by atoms with van der Waals surface area (Å²) in [5.74, 6) is 0.113. The summed E-state index contributed by atoms with van der Waals surface area (Å²) in [5, 5.41) is 6.82. The fourth-order valence-corrected chi connectivity index (χ4v) is 3.20. The summed E-state index contributed by atoms with van der Waals surface area (Å²) < 4.78 is 0. The highest BCUT2D eigenvalue weighted by Crippen LogP contribution is 2.18. The van der Waals surface area contributed by atoms with E-state index < -0.39 is 0 Å². The first-order chi connectivity index (χ1) is 10.7. The number of benzene rings is 1. The minimum Gasteiger partial charge on any atom is -0.333 e. The predicted molar refractivity (Wildman–Crippen MR) is 91.5 cm³/mol. The molecule has 0 spiro atoms. The van der Waals surface area contributed by atoms with E-state index >= 15 is 0 Å². The molecule has 0 fully saturated rings. The number of carbonyl (C=O) groups is 1. The molecule has 7 heteroatoms. The number of nitrogens with zero attached hydrogens (tertiary/aromatic N) is 2. The summed E-state index contributed by atoms with van der Waals surface area (Å²) in [6, 6.07) is 11.7. The van der Waals surface area contributed by atoms with E-state index in [1.165, 1.54) is 11.8 Å². The first kappa shape index (κ1) is 14.8. The minimum atomic E-state index is -0.152. The Morgan fingerprint density at radius 2 is 2.23 bits per heavy atom. The number of aromatic nitrogens is 2. The maximum atomic E-state index is 11.8. The van der Waals surface area contributed by atoms with Crippen LogP contribution in [0.5, 0.6) is 0 Å². The van der Waals surface area contributed by atoms with E-state index in [0.717, 1.165) is 26.8 Å². The number of hydrogen-bond donors (Lipinski definition) is 2. The molecule has 112 valence electrons. The molecule has 5 nitrogen and oxygen atoms in total. The van der Waals surface area contributed by atoms with Crippen LogP contribution in [0.15, 0.2) is 52.0 Å². The average molecular weight is 330 g/mol. The Bertz CT molecular complexity index is 775. The third kappa shape index (κ3) is 3.55. The van der Waals surface area contributed by atoms with Crippen molar-refractivity contribution in [1.29, 1.82) is 0 Å². The molecule has 0 aliphatic rings. The topological polar surface area (TPSA) is 70.1 Å². The monoisotopic (exact) mass is 330 g/mol. The van der Waals surface area contributed by atoms with Gasteiger partial charge in [0.1, 0.15) is 0 Å². The molecule has 1 amide bonds. The molecule has 0 bridgehead atoms. The number of thiophene rings is 1. The van der Waals surface area contributed by atoms with Crippen molar-refractivity contribution in [3.8, 4) is 0 Å². The molecule has 22 heavy (non-hydrogen) atoms. The number of hydrazone groups is 1. The van der Waals surface area contributed by atoms with Gasteiger partial charge in [0, 0.05) is 4.88 Å². The zero-order valence-electron chi connectivity index (χ0n) is 11.9. The van der Waals surface area contributed by atoms with Gasteiger partial charge in [-0.1, -0.05) is 30.0 Å². The molecule has 2 heterocycles. The fourth-order valence-electron chi connectivity index (χ4n) is 1.85. The minimum absolute atomic E-state index is 0.152. The van der Waals surface area contributed by atoms with Crippen LogP contribution in [-0.2, 0) is 4.79 Å². The summed E-state index contributed by atoms with van der Waals surface area (Å²) in [6.45, 7) is 1.87. The summed E-state index contributed by atoms with van der Waals surface area (Å²) in [7, 11) is 0. The smallest absolute Gasteiger partial charge is 0.250 e. The zero-order valence-corrected chi connectivity index (χ0v) is 13.5. The van der Waals surface area contributed by atoms with Gasteiger partial charge >= 0.3 is 0 Å². The lowest BCUT2D eigenvalue weighted by Crippen LogP contribution is -2.21. The number of para-hydroxylation sites is 2. The lowest BCUT2D eigenvalue weighted by molar-refractivity contribution is -0.118. The standard InChI is InChI=1S/C15H14N4OS2/c1-10(13-7-4-8-21-13)18-19-14(20)9-22-15-16-11-5-2-3-6-12(11)17-15/h2-8H,9H2,1H3,(H,16,17)(H,19,20)/b18-10-. The molecule has 3 rings (SSSR count).